The van der Waals surface area contributed by atoms with Crippen molar-refractivity contribution in [3.8, 4) is 0 Å². The molecule has 0 bridgehead atoms. The first-order valence-electron chi connectivity index (χ1n) is 9.37. The van der Waals surface area contributed by atoms with Crippen LogP contribution in [0.2, 0.25) is 5.02 Å². The number of carbonyl (C=O) groups excluding carboxylic acids is 1. The number of aryl methyl sites for hydroxylation is 1. The number of halogens is 1. The molecule has 7 nitrogen and oxygen atoms in total. The Hall–Kier alpha value is -2.64. The molecule has 1 aromatic carbocycles. The molecule has 1 saturated heterocycles. The van der Waals surface area contributed by atoms with Gasteiger partial charge in [0.2, 0.25) is 5.91 Å². The smallest absolute Gasteiger partial charge is 0.234 e. The summed E-state index contributed by atoms with van der Waals surface area (Å²) in [6.45, 7) is 9.61. The van der Waals surface area contributed by atoms with E-state index in [1.54, 1.807) is 6.08 Å². The number of amides is 1. The van der Waals surface area contributed by atoms with Crippen LogP contribution in [0.5, 0.6) is 0 Å². The zero-order chi connectivity index (χ0) is 19.7. The van der Waals surface area contributed by atoms with Crippen molar-refractivity contribution in [3.63, 3.8) is 0 Å². The second kappa shape index (κ2) is 7.77. The highest BCUT2D eigenvalue weighted by Gasteiger charge is 2.23. The Labute approximate surface area is 168 Å². The minimum Gasteiger partial charge on any atom is -0.353 e. The minimum atomic E-state index is 0.0276. The number of aromatic nitrogens is 3. The number of piperazine rings is 1. The minimum absolute atomic E-state index is 0.0276. The van der Waals surface area contributed by atoms with Crippen LogP contribution in [0.3, 0.4) is 0 Å². The predicted molar refractivity (Wildman–Crippen MR) is 112 cm³/mol. The molecule has 0 spiro atoms. The molecule has 1 fully saturated rings. The lowest BCUT2D eigenvalue weighted by Crippen LogP contribution is -2.49. The standard InChI is InChI=1S/C20H23ClN6O/c1-3-8-22-17(28)13-25-9-11-26(12-10-25)19-15-6-4-5-7-16(15)27-20(23-19)18(21)14(2)24-27/h3-7H,1,8-13H2,2H3,(H,22,28). The van der Waals surface area contributed by atoms with Gasteiger partial charge in [-0.05, 0) is 19.1 Å². The molecule has 4 rings (SSSR count). The molecule has 28 heavy (non-hydrogen) atoms. The highest BCUT2D eigenvalue weighted by atomic mass is 35.5. The number of rotatable bonds is 5. The van der Waals surface area contributed by atoms with Crippen molar-refractivity contribution in [2.45, 2.75) is 6.92 Å². The highest BCUT2D eigenvalue weighted by Crippen LogP contribution is 2.30. The Bertz CT molecular complexity index is 1040. The van der Waals surface area contributed by atoms with Crippen molar-refractivity contribution in [1.82, 2.24) is 24.8 Å². The number of anilines is 1. The molecule has 0 aliphatic carbocycles. The lowest BCUT2D eigenvalue weighted by molar-refractivity contribution is -0.122. The number of hydrogen-bond donors (Lipinski definition) is 1. The van der Waals surface area contributed by atoms with Crippen LogP contribution in [0.4, 0.5) is 5.82 Å². The number of nitrogens with one attached hydrogen (secondary N) is 1. The molecule has 0 saturated carbocycles. The SMILES string of the molecule is C=CCNC(=O)CN1CCN(c2nc3c(Cl)c(C)nn3c3ccccc23)CC1. The molecule has 1 aliphatic heterocycles. The van der Waals surface area contributed by atoms with Crippen molar-refractivity contribution >= 4 is 39.9 Å². The number of hydrogen-bond acceptors (Lipinski definition) is 5. The van der Waals surface area contributed by atoms with E-state index in [2.05, 4.69) is 32.9 Å². The van der Waals surface area contributed by atoms with E-state index in [1.165, 1.54) is 0 Å². The number of nitrogens with zero attached hydrogens (tertiary/aromatic N) is 5. The number of para-hydroxylation sites is 1. The fourth-order valence-corrected chi connectivity index (χ4v) is 3.73. The molecule has 1 N–H and O–H groups in total. The molecule has 3 heterocycles. The van der Waals surface area contributed by atoms with Gasteiger partial charge in [0, 0.05) is 38.1 Å². The van der Waals surface area contributed by atoms with Gasteiger partial charge in [0.15, 0.2) is 5.65 Å². The van der Waals surface area contributed by atoms with Crippen LogP contribution in [-0.4, -0.2) is 64.7 Å². The van der Waals surface area contributed by atoms with Gasteiger partial charge in [-0.1, -0.05) is 29.8 Å². The second-order valence-corrected chi connectivity index (χ2v) is 7.32. The lowest BCUT2D eigenvalue weighted by Gasteiger charge is -2.35. The van der Waals surface area contributed by atoms with Crippen LogP contribution >= 0.6 is 11.6 Å². The first-order valence-corrected chi connectivity index (χ1v) is 9.74. The van der Waals surface area contributed by atoms with Crippen molar-refractivity contribution < 1.29 is 4.79 Å². The first kappa shape index (κ1) is 18.7. The van der Waals surface area contributed by atoms with Gasteiger partial charge in [0.25, 0.3) is 0 Å². The fourth-order valence-electron chi connectivity index (χ4n) is 3.57. The maximum atomic E-state index is 11.9. The first-order chi connectivity index (χ1) is 13.6. The Morgan fingerprint density at radius 2 is 2.04 bits per heavy atom. The van der Waals surface area contributed by atoms with E-state index in [0.717, 1.165) is 48.6 Å². The molecular formula is C20H23ClN6O. The number of fused-ring (bicyclic) bond motifs is 3. The summed E-state index contributed by atoms with van der Waals surface area (Å²) in [7, 11) is 0. The summed E-state index contributed by atoms with van der Waals surface area (Å²) in [6.07, 6.45) is 1.69. The quantitative estimate of drug-likeness (QED) is 0.668. The van der Waals surface area contributed by atoms with Crippen LogP contribution in [-0.2, 0) is 4.79 Å². The molecule has 1 amide bonds. The summed E-state index contributed by atoms with van der Waals surface area (Å²) >= 11 is 6.45. The number of carbonyl (C=O) groups is 1. The van der Waals surface area contributed by atoms with Crippen LogP contribution in [0.1, 0.15) is 5.69 Å². The van der Waals surface area contributed by atoms with Crippen LogP contribution in [0.25, 0.3) is 16.6 Å². The Morgan fingerprint density at radius 1 is 1.29 bits per heavy atom. The Kier molecular flexibility index (Phi) is 5.19. The maximum absolute atomic E-state index is 11.9. The average molecular weight is 399 g/mol. The van der Waals surface area contributed by atoms with Gasteiger partial charge in [-0.3, -0.25) is 9.69 Å². The van der Waals surface area contributed by atoms with Gasteiger partial charge in [-0.2, -0.15) is 5.10 Å². The zero-order valence-corrected chi connectivity index (χ0v) is 16.6. The summed E-state index contributed by atoms with van der Waals surface area (Å²) in [5.74, 6) is 0.945. The van der Waals surface area contributed by atoms with Gasteiger partial charge >= 0.3 is 0 Å². The van der Waals surface area contributed by atoms with E-state index in [4.69, 9.17) is 16.6 Å². The van der Waals surface area contributed by atoms with Crippen molar-refractivity contribution in [3.05, 3.63) is 47.6 Å². The third-order valence-electron chi connectivity index (χ3n) is 5.03. The van der Waals surface area contributed by atoms with E-state index in [-0.39, 0.29) is 5.91 Å². The third kappa shape index (κ3) is 3.43. The molecule has 0 radical (unpaired) electrons. The van der Waals surface area contributed by atoms with Gasteiger partial charge in [0.1, 0.15) is 10.8 Å². The summed E-state index contributed by atoms with van der Waals surface area (Å²) in [4.78, 5) is 21.2. The maximum Gasteiger partial charge on any atom is 0.234 e. The summed E-state index contributed by atoms with van der Waals surface area (Å²) in [5, 5.41) is 9.00. The van der Waals surface area contributed by atoms with Gasteiger partial charge in [-0.25, -0.2) is 9.50 Å². The van der Waals surface area contributed by atoms with E-state index < -0.39 is 0 Å². The van der Waals surface area contributed by atoms with E-state index in [0.29, 0.717) is 23.8 Å². The molecule has 0 unspecified atom stereocenters. The zero-order valence-electron chi connectivity index (χ0n) is 15.9. The van der Waals surface area contributed by atoms with Crippen molar-refractivity contribution in [2.24, 2.45) is 0 Å². The van der Waals surface area contributed by atoms with E-state index in [9.17, 15) is 4.79 Å². The summed E-state index contributed by atoms with van der Waals surface area (Å²) in [5.41, 5.74) is 2.44. The van der Waals surface area contributed by atoms with E-state index >= 15 is 0 Å². The fraction of sp³-hybridized carbons (Fsp3) is 0.350. The number of benzene rings is 1. The monoisotopic (exact) mass is 398 g/mol. The molecule has 3 aromatic rings. The molecule has 2 aromatic heterocycles. The second-order valence-electron chi connectivity index (χ2n) is 6.94. The highest BCUT2D eigenvalue weighted by molar-refractivity contribution is 6.34. The topological polar surface area (TPSA) is 65.8 Å². The lowest BCUT2D eigenvalue weighted by atomic mass is 10.2. The third-order valence-corrected chi connectivity index (χ3v) is 5.47. The largest absolute Gasteiger partial charge is 0.353 e. The molecular weight excluding hydrogens is 376 g/mol. The van der Waals surface area contributed by atoms with Crippen LogP contribution in [0.15, 0.2) is 36.9 Å². The van der Waals surface area contributed by atoms with Crippen molar-refractivity contribution in [1.29, 1.82) is 0 Å². The summed E-state index contributed by atoms with van der Waals surface area (Å²) < 4.78 is 1.82. The normalized spacial score (nSPS) is 15.3. The van der Waals surface area contributed by atoms with Gasteiger partial charge < -0.3 is 10.2 Å². The summed E-state index contributed by atoms with van der Waals surface area (Å²) in [6, 6.07) is 8.11. The molecule has 146 valence electrons. The van der Waals surface area contributed by atoms with Crippen LogP contribution < -0.4 is 10.2 Å². The van der Waals surface area contributed by atoms with Gasteiger partial charge in [0.05, 0.1) is 17.8 Å². The Morgan fingerprint density at radius 3 is 2.79 bits per heavy atom. The molecule has 8 heteroatoms. The molecule has 0 atom stereocenters. The molecule has 1 aliphatic rings. The van der Waals surface area contributed by atoms with Gasteiger partial charge in [-0.15, -0.1) is 6.58 Å². The van der Waals surface area contributed by atoms with E-state index in [1.807, 2.05) is 29.6 Å². The van der Waals surface area contributed by atoms with Crippen LogP contribution in [0, 0.1) is 6.92 Å². The average Bonchev–Trinajstić information content (AvgIpc) is 3.01. The predicted octanol–water partition coefficient (Wildman–Crippen LogP) is 2.27. The Balaban J connectivity index is 1.59. The van der Waals surface area contributed by atoms with Crippen molar-refractivity contribution in [2.75, 3.05) is 44.2 Å².